The largest absolute Gasteiger partial charge is 0.380 e. The van der Waals surface area contributed by atoms with Gasteiger partial charge in [0.1, 0.15) is 0 Å². The lowest BCUT2D eigenvalue weighted by Crippen LogP contribution is -2.37. The van der Waals surface area contributed by atoms with Crippen LogP contribution in [-0.2, 0) is 4.74 Å². The first-order chi connectivity index (χ1) is 6.74. The van der Waals surface area contributed by atoms with Crippen LogP contribution in [0.25, 0.3) is 0 Å². The first kappa shape index (κ1) is 12.0. The van der Waals surface area contributed by atoms with Crippen LogP contribution in [0.3, 0.4) is 0 Å². The molecule has 0 heterocycles. The molecule has 1 N–H and O–H groups in total. The molecule has 0 aromatic heterocycles. The number of rotatable bonds is 5. The van der Waals surface area contributed by atoms with Crippen LogP contribution >= 0.6 is 0 Å². The van der Waals surface area contributed by atoms with E-state index in [0.29, 0.717) is 0 Å². The molecule has 1 aliphatic rings. The Bertz CT molecular complexity index is 149. The molecular formula is C12H25NO. The van der Waals surface area contributed by atoms with Crippen LogP contribution in [-0.4, -0.2) is 25.8 Å². The molecule has 0 amide bonds. The van der Waals surface area contributed by atoms with E-state index in [9.17, 15) is 0 Å². The van der Waals surface area contributed by atoms with Gasteiger partial charge in [0.05, 0.1) is 6.61 Å². The third kappa shape index (κ3) is 3.97. The molecule has 1 fully saturated rings. The molecule has 0 saturated heterocycles. The van der Waals surface area contributed by atoms with Crippen molar-refractivity contribution in [1.82, 2.24) is 5.32 Å². The van der Waals surface area contributed by atoms with Crippen molar-refractivity contribution < 1.29 is 4.74 Å². The maximum atomic E-state index is 5.31. The monoisotopic (exact) mass is 199 g/mol. The molecular weight excluding hydrogens is 174 g/mol. The van der Waals surface area contributed by atoms with Crippen molar-refractivity contribution in [2.24, 2.45) is 11.8 Å². The van der Waals surface area contributed by atoms with E-state index in [1.165, 1.54) is 19.3 Å². The maximum Gasteiger partial charge on any atom is 0.0590 e. The molecule has 0 aromatic carbocycles. The Kier molecular flexibility index (Phi) is 5.49. The lowest BCUT2D eigenvalue weighted by Gasteiger charge is -2.32. The van der Waals surface area contributed by atoms with Crippen LogP contribution in [0.15, 0.2) is 0 Å². The second-order valence-corrected chi connectivity index (χ2v) is 4.62. The molecule has 0 radical (unpaired) electrons. The molecule has 0 aliphatic heterocycles. The number of nitrogens with one attached hydrogen (secondary N) is 1. The van der Waals surface area contributed by atoms with Gasteiger partial charge in [0.2, 0.25) is 0 Å². The molecule has 1 rings (SSSR count). The number of hydrogen-bond acceptors (Lipinski definition) is 2. The molecule has 0 unspecified atom stereocenters. The molecule has 3 atom stereocenters. The Labute approximate surface area is 88.4 Å². The van der Waals surface area contributed by atoms with Gasteiger partial charge in [-0.15, -0.1) is 0 Å². The van der Waals surface area contributed by atoms with Crippen LogP contribution < -0.4 is 5.32 Å². The van der Waals surface area contributed by atoms with E-state index >= 15 is 0 Å². The van der Waals surface area contributed by atoms with Gasteiger partial charge in [-0.05, 0) is 38.0 Å². The summed E-state index contributed by atoms with van der Waals surface area (Å²) in [5, 5.41) is 3.58. The van der Waals surface area contributed by atoms with E-state index < -0.39 is 0 Å². The Hall–Kier alpha value is -0.0800. The SMILES string of the molecule is CCOCCN[C@@H]1CC[C@H](C)[C@@H](C)C1. The van der Waals surface area contributed by atoms with Crippen molar-refractivity contribution in [1.29, 1.82) is 0 Å². The van der Waals surface area contributed by atoms with Crippen molar-refractivity contribution in [3.63, 3.8) is 0 Å². The molecule has 84 valence electrons. The molecule has 1 saturated carbocycles. The van der Waals surface area contributed by atoms with Gasteiger partial charge in [-0.2, -0.15) is 0 Å². The predicted molar refractivity (Wildman–Crippen MR) is 60.5 cm³/mol. The Balaban J connectivity index is 2.07. The van der Waals surface area contributed by atoms with Crippen molar-refractivity contribution in [2.75, 3.05) is 19.8 Å². The standard InChI is InChI=1S/C12H25NO/c1-4-14-8-7-13-12-6-5-10(2)11(3)9-12/h10-13H,4-9H2,1-3H3/t10-,11-,12+/m0/s1. The number of ether oxygens (including phenoxy) is 1. The molecule has 14 heavy (non-hydrogen) atoms. The smallest absolute Gasteiger partial charge is 0.0590 e. The zero-order valence-electron chi connectivity index (χ0n) is 9.88. The van der Waals surface area contributed by atoms with Crippen LogP contribution in [0.4, 0.5) is 0 Å². The minimum atomic E-state index is 0.738. The predicted octanol–water partition coefficient (Wildman–Crippen LogP) is 2.44. The zero-order valence-corrected chi connectivity index (χ0v) is 9.88. The van der Waals surface area contributed by atoms with E-state index in [2.05, 4.69) is 19.2 Å². The highest BCUT2D eigenvalue weighted by Gasteiger charge is 2.23. The summed E-state index contributed by atoms with van der Waals surface area (Å²) in [5.41, 5.74) is 0. The molecule has 0 bridgehead atoms. The van der Waals surface area contributed by atoms with E-state index in [1.54, 1.807) is 0 Å². The molecule has 2 heteroatoms. The maximum absolute atomic E-state index is 5.31. The van der Waals surface area contributed by atoms with Crippen molar-refractivity contribution in [2.45, 2.75) is 46.1 Å². The third-order valence-corrected chi connectivity index (χ3v) is 3.48. The van der Waals surface area contributed by atoms with Crippen molar-refractivity contribution in [3.05, 3.63) is 0 Å². The van der Waals surface area contributed by atoms with Gasteiger partial charge in [-0.3, -0.25) is 0 Å². The summed E-state index contributed by atoms with van der Waals surface area (Å²) in [5.74, 6) is 1.80. The van der Waals surface area contributed by atoms with Crippen molar-refractivity contribution >= 4 is 0 Å². The van der Waals surface area contributed by atoms with Crippen molar-refractivity contribution in [3.8, 4) is 0 Å². The highest BCUT2D eigenvalue weighted by molar-refractivity contribution is 4.79. The average Bonchev–Trinajstić information content (AvgIpc) is 2.18. The van der Waals surface area contributed by atoms with Gasteiger partial charge in [0, 0.05) is 19.2 Å². The van der Waals surface area contributed by atoms with Crippen LogP contribution in [0.5, 0.6) is 0 Å². The fourth-order valence-corrected chi connectivity index (χ4v) is 2.21. The fraction of sp³-hybridized carbons (Fsp3) is 1.00. The minimum Gasteiger partial charge on any atom is -0.380 e. The third-order valence-electron chi connectivity index (χ3n) is 3.48. The van der Waals surface area contributed by atoms with E-state index in [4.69, 9.17) is 4.74 Å². The van der Waals surface area contributed by atoms with Gasteiger partial charge in [-0.1, -0.05) is 13.8 Å². The minimum absolute atomic E-state index is 0.738. The van der Waals surface area contributed by atoms with E-state index in [-0.39, 0.29) is 0 Å². The molecule has 1 aliphatic carbocycles. The highest BCUT2D eigenvalue weighted by atomic mass is 16.5. The zero-order chi connectivity index (χ0) is 10.4. The summed E-state index contributed by atoms with van der Waals surface area (Å²) in [6.07, 6.45) is 4.07. The quantitative estimate of drug-likeness (QED) is 0.687. The summed E-state index contributed by atoms with van der Waals surface area (Å²) in [6, 6.07) is 0.738. The summed E-state index contributed by atoms with van der Waals surface area (Å²) in [6.45, 7) is 9.50. The topological polar surface area (TPSA) is 21.3 Å². The van der Waals surface area contributed by atoms with Gasteiger partial charge in [0.25, 0.3) is 0 Å². The Morgan fingerprint density at radius 1 is 1.21 bits per heavy atom. The average molecular weight is 199 g/mol. The normalized spacial score (nSPS) is 33.2. The lowest BCUT2D eigenvalue weighted by atomic mass is 9.79. The lowest BCUT2D eigenvalue weighted by molar-refractivity contribution is 0.140. The highest BCUT2D eigenvalue weighted by Crippen LogP contribution is 2.29. The molecule has 2 nitrogen and oxygen atoms in total. The molecule has 0 aromatic rings. The van der Waals surface area contributed by atoms with Crippen LogP contribution in [0.1, 0.15) is 40.0 Å². The first-order valence-electron chi connectivity index (χ1n) is 6.05. The summed E-state index contributed by atoms with van der Waals surface area (Å²) in [4.78, 5) is 0. The summed E-state index contributed by atoms with van der Waals surface area (Å²) in [7, 11) is 0. The Morgan fingerprint density at radius 2 is 2.00 bits per heavy atom. The summed E-state index contributed by atoms with van der Waals surface area (Å²) >= 11 is 0. The van der Waals surface area contributed by atoms with Gasteiger partial charge in [-0.25, -0.2) is 0 Å². The summed E-state index contributed by atoms with van der Waals surface area (Å²) < 4.78 is 5.31. The fourth-order valence-electron chi connectivity index (χ4n) is 2.21. The second-order valence-electron chi connectivity index (χ2n) is 4.62. The van der Waals surface area contributed by atoms with Gasteiger partial charge >= 0.3 is 0 Å². The number of hydrogen-bond donors (Lipinski definition) is 1. The van der Waals surface area contributed by atoms with E-state index in [1.807, 2.05) is 6.92 Å². The Morgan fingerprint density at radius 3 is 2.64 bits per heavy atom. The van der Waals surface area contributed by atoms with Gasteiger partial charge in [0.15, 0.2) is 0 Å². The van der Waals surface area contributed by atoms with E-state index in [0.717, 1.165) is 37.6 Å². The van der Waals surface area contributed by atoms with Crippen LogP contribution in [0, 0.1) is 11.8 Å². The van der Waals surface area contributed by atoms with Gasteiger partial charge < -0.3 is 10.1 Å². The van der Waals surface area contributed by atoms with Crippen LogP contribution in [0.2, 0.25) is 0 Å². The first-order valence-corrected chi connectivity index (χ1v) is 6.05. The second kappa shape index (κ2) is 6.41. The molecule has 0 spiro atoms.